The second-order valence-corrected chi connectivity index (χ2v) is 9.04. The van der Waals surface area contributed by atoms with E-state index < -0.39 is 5.97 Å². The lowest BCUT2D eigenvalue weighted by atomic mass is 9.77. The lowest BCUT2D eigenvalue weighted by Gasteiger charge is -2.28. The first-order chi connectivity index (χ1) is 16.6. The summed E-state index contributed by atoms with van der Waals surface area (Å²) < 4.78 is 5.43. The Labute approximate surface area is 201 Å². The van der Waals surface area contributed by atoms with Gasteiger partial charge >= 0.3 is 5.97 Å². The van der Waals surface area contributed by atoms with Crippen LogP contribution in [0.1, 0.15) is 77.6 Å². The Morgan fingerprint density at radius 2 is 1.62 bits per heavy atom. The Balaban J connectivity index is 1.36. The molecule has 1 aromatic heterocycles. The molecule has 1 saturated carbocycles. The molecule has 4 heteroatoms. The fraction of sp³-hybridized carbons (Fsp3) is 0.300. The summed E-state index contributed by atoms with van der Waals surface area (Å²) in [5.41, 5.74) is 4.14. The normalized spacial score (nSPS) is 17.7. The predicted molar refractivity (Wildman–Crippen MR) is 135 cm³/mol. The van der Waals surface area contributed by atoms with Crippen molar-refractivity contribution in [3.63, 3.8) is 0 Å². The number of carbonyl (C=O) groups excluding carboxylic acids is 2. The van der Waals surface area contributed by atoms with Crippen molar-refractivity contribution in [2.24, 2.45) is 5.92 Å². The van der Waals surface area contributed by atoms with E-state index in [1.807, 2.05) is 18.3 Å². The number of nitrogens with zero attached hydrogens (tertiary/aromatic N) is 1. The fourth-order valence-electron chi connectivity index (χ4n) is 4.76. The van der Waals surface area contributed by atoms with E-state index in [0.29, 0.717) is 22.8 Å². The zero-order valence-corrected chi connectivity index (χ0v) is 19.7. The van der Waals surface area contributed by atoms with Gasteiger partial charge in [0.15, 0.2) is 5.78 Å². The molecule has 0 amide bonds. The molecule has 174 valence electrons. The minimum Gasteiger partial charge on any atom is -0.423 e. The van der Waals surface area contributed by atoms with Gasteiger partial charge < -0.3 is 4.74 Å². The average Bonchev–Trinajstić information content (AvgIpc) is 2.89. The molecule has 0 aliphatic heterocycles. The molecule has 0 bridgehead atoms. The summed E-state index contributed by atoms with van der Waals surface area (Å²) in [5, 5.41) is 0. The number of carbonyl (C=O) groups is 2. The largest absolute Gasteiger partial charge is 0.423 e. The van der Waals surface area contributed by atoms with Crippen LogP contribution in [0.25, 0.3) is 11.3 Å². The lowest BCUT2D eigenvalue weighted by Crippen LogP contribution is -2.13. The molecule has 1 aliphatic carbocycles. The van der Waals surface area contributed by atoms with Crippen LogP contribution in [0, 0.1) is 5.92 Å². The molecule has 4 nitrogen and oxygen atoms in total. The first-order valence-corrected chi connectivity index (χ1v) is 12.1. The van der Waals surface area contributed by atoms with Gasteiger partial charge in [-0.1, -0.05) is 44.5 Å². The highest BCUT2D eigenvalue weighted by Crippen LogP contribution is 2.37. The van der Waals surface area contributed by atoms with Crippen molar-refractivity contribution in [1.29, 1.82) is 0 Å². The molecule has 1 heterocycles. The number of ether oxygens (including phenoxy) is 1. The van der Waals surface area contributed by atoms with Gasteiger partial charge in [-0.15, -0.1) is 0 Å². The number of benzene rings is 2. The van der Waals surface area contributed by atoms with Gasteiger partial charge in [-0.3, -0.25) is 9.78 Å². The highest BCUT2D eigenvalue weighted by Gasteiger charge is 2.22. The molecule has 1 fully saturated rings. The Morgan fingerprint density at radius 1 is 0.941 bits per heavy atom. The molecular weight excluding hydrogens is 422 g/mol. The smallest absolute Gasteiger partial charge is 0.343 e. The first-order valence-electron chi connectivity index (χ1n) is 12.1. The van der Waals surface area contributed by atoms with Crippen LogP contribution in [0.15, 0.2) is 79.5 Å². The topological polar surface area (TPSA) is 56.3 Å². The number of ketones is 1. The number of hydrogen-bond acceptors (Lipinski definition) is 4. The van der Waals surface area contributed by atoms with E-state index in [1.54, 1.807) is 36.4 Å². The lowest BCUT2D eigenvalue weighted by molar-refractivity contribution is 0.0734. The molecule has 0 saturated heterocycles. The van der Waals surface area contributed by atoms with Crippen LogP contribution in [0.3, 0.4) is 0 Å². The van der Waals surface area contributed by atoms with Gasteiger partial charge in [-0.05, 0) is 91.6 Å². The molecule has 0 atom stereocenters. The highest BCUT2D eigenvalue weighted by atomic mass is 16.5. The van der Waals surface area contributed by atoms with Crippen LogP contribution in [-0.2, 0) is 0 Å². The molecule has 3 aromatic rings. The summed E-state index contributed by atoms with van der Waals surface area (Å²) in [7, 11) is 0. The molecule has 34 heavy (non-hydrogen) atoms. The van der Waals surface area contributed by atoms with Crippen molar-refractivity contribution in [2.45, 2.75) is 51.4 Å². The van der Waals surface area contributed by atoms with Crippen molar-refractivity contribution >= 4 is 11.8 Å². The van der Waals surface area contributed by atoms with Gasteiger partial charge in [0.2, 0.25) is 0 Å². The van der Waals surface area contributed by atoms with Crippen molar-refractivity contribution in [3.05, 3.63) is 96.2 Å². The second kappa shape index (κ2) is 11.1. The number of allylic oxidation sites excluding steroid dienone is 1. The minimum absolute atomic E-state index is 0.172. The maximum atomic E-state index is 12.5. The molecule has 0 spiro atoms. The summed E-state index contributed by atoms with van der Waals surface area (Å²) in [6, 6.07) is 18.0. The van der Waals surface area contributed by atoms with E-state index in [1.165, 1.54) is 50.2 Å². The predicted octanol–water partition coefficient (Wildman–Crippen LogP) is 7.41. The number of rotatable bonds is 8. The van der Waals surface area contributed by atoms with Gasteiger partial charge in [0.25, 0.3) is 0 Å². The van der Waals surface area contributed by atoms with E-state index >= 15 is 0 Å². The van der Waals surface area contributed by atoms with Crippen molar-refractivity contribution < 1.29 is 14.3 Å². The Hall–Kier alpha value is -3.53. The molecule has 1 aliphatic rings. The summed E-state index contributed by atoms with van der Waals surface area (Å²) in [4.78, 5) is 28.8. The summed E-state index contributed by atoms with van der Waals surface area (Å²) >= 11 is 0. The highest BCUT2D eigenvalue weighted by molar-refractivity contribution is 6.04. The number of aromatic nitrogens is 1. The van der Waals surface area contributed by atoms with E-state index in [-0.39, 0.29) is 5.78 Å². The van der Waals surface area contributed by atoms with Gasteiger partial charge in [-0.2, -0.15) is 0 Å². The van der Waals surface area contributed by atoms with Crippen LogP contribution < -0.4 is 4.74 Å². The quantitative estimate of drug-likeness (QED) is 0.154. The number of hydrogen-bond donors (Lipinski definition) is 0. The molecular formula is C30H31NO3. The standard InChI is InChI=1S/C30H31NO3/c1-3-5-21-6-8-22(9-7-21)26-16-19-28(31-20-26)23-10-12-25(13-11-23)30(33)34-27-17-14-24(15-18-27)29(32)4-2/h4,10-22H,2-3,5-9H2,1H3. The fourth-order valence-corrected chi connectivity index (χ4v) is 4.76. The maximum Gasteiger partial charge on any atom is 0.343 e. The molecule has 0 unspecified atom stereocenters. The van der Waals surface area contributed by atoms with Crippen LogP contribution >= 0.6 is 0 Å². The van der Waals surface area contributed by atoms with E-state index in [2.05, 4.69) is 25.6 Å². The van der Waals surface area contributed by atoms with Crippen LogP contribution in [0.2, 0.25) is 0 Å². The van der Waals surface area contributed by atoms with Gasteiger partial charge in [0.05, 0.1) is 11.3 Å². The zero-order valence-electron chi connectivity index (χ0n) is 19.7. The molecule has 0 N–H and O–H groups in total. The molecule has 2 aromatic carbocycles. The third-order valence-electron chi connectivity index (χ3n) is 6.75. The molecule has 0 radical (unpaired) electrons. The summed E-state index contributed by atoms with van der Waals surface area (Å²) in [5.74, 6) is 1.29. The maximum absolute atomic E-state index is 12.5. The van der Waals surface area contributed by atoms with Gasteiger partial charge in [-0.25, -0.2) is 4.79 Å². The third kappa shape index (κ3) is 5.69. The van der Waals surface area contributed by atoms with Crippen LogP contribution in [0.5, 0.6) is 5.75 Å². The monoisotopic (exact) mass is 453 g/mol. The van der Waals surface area contributed by atoms with E-state index in [0.717, 1.165) is 17.2 Å². The second-order valence-electron chi connectivity index (χ2n) is 9.04. The summed E-state index contributed by atoms with van der Waals surface area (Å²) in [6.45, 7) is 5.75. The Morgan fingerprint density at radius 3 is 2.21 bits per heavy atom. The SMILES string of the molecule is C=CC(=O)c1ccc(OC(=O)c2ccc(-c3ccc(C4CCC(CCC)CC4)cn3)cc2)cc1. The minimum atomic E-state index is -0.448. The third-order valence-corrected chi connectivity index (χ3v) is 6.75. The van der Waals surface area contributed by atoms with Crippen LogP contribution in [-0.4, -0.2) is 16.7 Å². The van der Waals surface area contributed by atoms with Gasteiger partial charge in [0.1, 0.15) is 5.75 Å². The van der Waals surface area contributed by atoms with Crippen molar-refractivity contribution in [2.75, 3.05) is 0 Å². The van der Waals surface area contributed by atoms with Crippen molar-refractivity contribution in [3.8, 4) is 17.0 Å². The van der Waals surface area contributed by atoms with E-state index in [4.69, 9.17) is 9.72 Å². The average molecular weight is 454 g/mol. The zero-order chi connectivity index (χ0) is 23.9. The van der Waals surface area contributed by atoms with E-state index in [9.17, 15) is 9.59 Å². The van der Waals surface area contributed by atoms with Crippen LogP contribution in [0.4, 0.5) is 0 Å². The Kier molecular flexibility index (Phi) is 7.69. The number of pyridine rings is 1. The summed E-state index contributed by atoms with van der Waals surface area (Å²) in [6.07, 6.45) is 11.1. The first kappa shape index (κ1) is 23.6. The van der Waals surface area contributed by atoms with Gasteiger partial charge in [0, 0.05) is 17.3 Å². The molecule has 4 rings (SSSR count). The van der Waals surface area contributed by atoms with Crippen molar-refractivity contribution in [1.82, 2.24) is 4.98 Å². The Bertz CT molecular complexity index is 1120. The number of esters is 1.